The molecule has 21 heteroatoms. The maximum atomic E-state index is 13.7. The summed E-state index contributed by atoms with van der Waals surface area (Å²) in [4.78, 5) is 113. The van der Waals surface area contributed by atoms with Crippen LogP contribution in [0.4, 0.5) is 4.79 Å². The zero-order valence-corrected chi connectivity index (χ0v) is 37.4. The van der Waals surface area contributed by atoms with E-state index in [1.807, 2.05) is 25.6 Å². The second kappa shape index (κ2) is 26.9. The Kier molecular flexibility index (Phi) is 22.2. The van der Waals surface area contributed by atoms with Crippen LogP contribution in [-0.2, 0) is 44.8 Å². The van der Waals surface area contributed by atoms with Gasteiger partial charge in [0, 0.05) is 42.7 Å². The van der Waals surface area contributed by atoms with Crippen LogP contribution in [0.5, 0.6) is 0 Å². The fourth-order valence-corrected chi connectivity index (χ4v) is 8.92. The molecule has 12 N–H and O–H groups in total. The SMILES string of the molecule is CC(C)CC(CC(=O)NO)C(=O)N[C@@H](Cc1ccccc1)C(=O)N[C@H](C(=O)NCC(=O)NCC(=O)N[C@@H](CCCCNC(=O)CCCC[C@@H]1SC[C@@H]2NC(=O)N[C@@H]21)C(N)=O)C(C)C. The van der Waals surface area contributed by atoms with Gasteiger partial charge in [-0.3, -0.25) is 43.6 Å². The van der Waals surface area contributed by atoms with Gasteiger partial charge in [0.15, 0.2) is 0 Å². The summed E-state index contributed by atoms with van der Waals surface area (Å²) in [7, 11) is 0. The predicted molar refractivity (Wildman–Crippen MR) is 234 cm³/mol. The molecule has 1 unspecified atom stereocenters. The van der Waals surface area contributed by atoms with Crippen molar-refractivity contribution in [2.45, 2.75) is 127 Å². The van der Waals surface area contributed by atoms with Gasteiger partial charge in [-0.05, 0) is 55.9 Å². The van der Waals surface area contributed by atoms with Gasteiger partial charge in [-0.25, -0.2) is 10.3 Å². The van der Waals surface area contributed by atoms with Crippen molar-refractivity contribution < 1.29 is 48.4 Å². The van der Waals surface area contributed by atoms with E-state index in [9.17, 15) is 43.2 Å². The third-order valence-electron chi connectivity index (χ3n) is 10.7. The summed E-state index contributed by atoms with van der Waals surface area (Å²) in [5.74, 6) is -5.33. The summed E-state index contributed by atoms with van der Waals surface area (Å²) in [5, 5.41) is 30.9. The van der Waals surface area contributed by atoms with Gasteiger partial charge in [0.25, 0.3) is 0 Å². The number of hydrogen-bond acceptors (Lipinski definition) is 11. The van der Waals surface area contributed by atoms with Crippen LogP contribution in [0.2, 0.25) is 0 Å². The van der Waals surface area contributed by atoms with Crippen molar-refractivity contribution in [1.29, 1.82) is 0 Å². The number of rotatable bonds is 28. The second-order valence-electron chi connectivity index (χ2n) is 16.8. The summed E-state index contributed by atoms with van der Waals surface area (Å²) < 4.78 is 0. The number of nitrogens with two attached hydrogens (primary N) is 1. The molecule has 0 aliphatic carbocycles. The first-order valence-corrected chi connectivity index (χ1v) is 22.7. The van der Waals surface area contributed by atoms with Crippen molar-refractivity contribution in [3.8, 4) is 0 Å². The van der Waals surface area contributed by atoms with E-state index in [1.54, 1.807) is 44.2 Å². The van der Waals surface area contributed by atoms with Crippen LogP contribution in [0.15, 0.2) is 30.3 Å². The fourth-order valence-electron chi connectivity index (χ4n) is 7.37. The molecule has 0 bridgehead atoms. The number of benzene rings is 1. The first kappa shape index (κ1) is 51.9. The lowest BCUT2D eigenvalue weighted by Gasteiger charge is -2.27. The number of fused-ring (bicyclic) bond motifs is 1. The highest BCUT2D eigenvalue weighted by Gasteiger charge is 2.42. The van der Waals surface area contributed by atoms with Crippen LogP contribution >= 0.6 is 11.8 Å². The Morgan fingerprint density at radius 3 is 2.16 bits per heavy atom. The number of thioether (sulfide) groups is 1. The molecule has 2 aliphatic heterocycles. The van der Waals surface area contributed by atoms with Crippen molar-refractivity contribution >= 4 is 65.1 Å². The molecule has 10 amide bonds. The first-order chi connectivity index (χ1) is 30.0. The summed E-state index contributed by atoms with van der Waals surface area (Å²) >= 11 is 1.84. The number of carbonyl (C=O) groups is 9. The highest BCUT2D eigenvalue weighted by Crippen LogP contribution is 2.33. The Balaban J connectivity index is 1.39. The molecule has 1 aromatic rings. The fraction of sp³-hybridized carbons (Fsp3) is 0.643. The van der Waals surface area contributed by atoms with Crippen molar-refractivity contribution in [1.82, 2.24) is 48.0 Å². The normalized spacial score (nSPS) is 18.4. The number of urea groups is 1. The maximum absolute atomic E-state index is 13.7. The van der Waals surface area contributed by atoms with Gasteiger partial charge in [-0.1, -0.05) is 64.4 Å². The number of primary amides is 1. The monoisotopic (exact) mass is 902 g/mol. The van der Waals surface area contributed by atoms with Crippen LogP contribution in [0, 0.1) is 17.8 Å². The molecule has 63 heavy (non-hydrogen) atoms. The smallest absolute Gasteiger partial charge is 0.315 e. The van der Waals surface area contributed by atoms with Gasteiger partial charge < -0.3 is 48.3 Å². The van der Waals surface area contributed by atoms with Crippen molar-refractivity contribution in [2.24, 2.45) is 23.5 Å². The molecule has 2 heterocycles. The van der Waals surface area contributed by atoms with Crippen molar-refractivity contribution in [3.05, 3.63) is 35.9 Å². The Hall–Kier alpha value is -5.44. The lowest BCUT2D eigenvalue weighted by atomic mass is 9.92. The molecule has 2 aliphatic rings. The number of hydroxylamine groups is 1. The van der Waals surface area contributed by atoms with Crippen LogP contribution in [-0.4, -0.2) is 119 Å². The van der Waals surface area contributed by atoms with Crippen molar-refractivity contribution in [2.75, 3.05) is 25.4 Å². The zero-order chi connectivity index (χ0) is 46.5. The van der Waals surface area contributed by atoms with Gasteiger partial charge in [-0.15, -0.1) is 0 Å². The Morgan fingerprint density at radius 2 is 1.49 bits per heavy atom. The van der Waals surface area contributed by atoms with E-state index in [4.69, 9.17) is 10.9 Å². The minimum absolute atomic E-state index is 0.0186. The highest BCUT2D eigenvalue weighted by molar-refractivity contribution is 8.00. The van der Waals surface area contributed by atoms with Crippen LogP contribution in [0.25, 0.3) is 0 Å². The number of hydrogen-bond donors (Lipinski definition) is 11. The molecular weight excluding hydrogens is 837 g/mol. The van der Waals surface area contributed by atoms with Crippen LogP contribution in [0.3, 0.4) is 0 Å². The molecule has 7 atom stereocenters. The van der Waals surface area contributed by atoms with Gasteiger partial charge in [0.1, 0.15) is 18.1 Å². The second-order valence-corrected chi connectivity index (χ2v) is 18.0. The molecule has 350 valence electrons. The largest absolute Gasteiger partial charge is 0.368 e. The quantitative estimate of drug-likeness (QED) is 0.0223. The Morgan fingerprint density at radius 1 is 0.778 bits per heavy atom. The number of amides is 10. The topological polar surface area (TPSA) is 308 Å². The summed E-state index contributed by atoms with van der Waals surface area (Å²) in [6, 6.07) is 5.79. The van der Waals surface area contributed by atoms with Crippen LogP contribution < -0.4 is 53.7 Å². The number of unbranched alkanes of at least 4 members (excludes halogenated alkanes) is 2. The molecular formula is C42H66N10O10S. The molecule has 3 rings (SSSR count). The average Bonchev–Trinajstić information content (AvgIpc) is 3.80. The third kappa shape index (κ3) is 18.8. The summed E-state index contributed by atoms with van der Waals surface area (Å²) in [5.41, 5.74) is 7.75. The lowest BCUT2D eigenvalue weighted by molar-refractivity contribution is -0.137. The van der Waals surface area contributed by atoms with Crippen LogP contribution in [0.1, 0.15) is 91.0 Å². The van der Waals surface area contributed by atoms with Gasteiger partial charge >= 0.3 is 6.03 Å². The first-order valence-electron chi connectivity index (χ1n) is 21.6. The molecule has 0 spiro atoms. The summed E-state index contributed by atoms with van der Waals surface area (Å²) in [6.07, 6.45) is 4.20. The molecule has 0 saturated carbocycles. The van der Waals surface area contributed by atoms with Gasteiger partial charge in [0.05, 0.1) is 25.2 Å². The van der Waals surface area contributed by atoms with E-state index >= 15 is 0 Å². The summed E-state index contributed by atoms with van der Waals surface area (Å²) in [6.45, 7) is 6.44. The molecule has 0 aromatic heterocycles. The number of nitrogens with one attached hydrogen (secondary N) is 9. The highest BCUT2D eigenvalue weighted by atomic mass is 32.2. The Bertz CT molecular complexity index is 1740. The third-order valence-corrected chi connectivity index (χ3v) is 12.2. The minimum atomic E-state index is -1.15. The maximum Gasteiger partial charge on any atom is 0.315 e. The van der Waals surface area contributed by atoms with Gasteiger partial charge in [0.2, 0.25) is 47.3 Å². The van der Waals surface area contributed by atoms with E-state index in [-0.39, 0.29) is 49.2 Å². The van der Waals surface area contributed by atoms with Crippen molar-refractivity contribution in [3.63, 3.8) is 0 Å². The van der Waals surface area contributed by atoms with E-state index in [2.05, 4.69) is 42.5 Å². The van der Waals surface area contributed by atoms with E-state index in [0.29, 0.717) is 37.5 Å². The van der Waals surface area contributed by atoms with E-state index in [1.165, 1.54) is 5.48 Å². The van der Waals surface area contributed by atoms with E-state index < -0.39 is 84.4 Å². The minimum Gasteiger partial charge on any atom is -0.368 e. The molecule has 2 fully saturated rings. The van der Waals surface area contributed by atoms with Gasteiger partial charge in [-0.2, -0.15) is 11.8 Å². The zero-order valence-electron chi connectivity index (χ0n) is 36.6. The predicted octanol–water partition coefficient (Wildman–Crippen LogP) is -0.373. The average molecular weight is 903 g/mol. The molecule has 0 radical (unpaired) electrons. The van der Waals surface area contributed by atoms with E-state index in [0.717, 1.165) is 30.6 Å². The molecule has 2 saturated heterocycles. The Labute approximate surface area is 372 Å². The molecule has 1 aromatic carbocycles. The standard InChI is InChI=1S/C42H66N10O10S/c1-24(2)18-27(20-33(54)52-62)39(58)48-29(19-26-12-6-5-7-13-26)40(59)50-36(25(3)4)41(60)46-21-34(55)45-22-35(56)47-28(38(43)57)14-10-11-17-44-32(53)16-9-8-15-31-37-30(23-63-31)49-42(61)51-37/h5-7,12-13,24-25,27-31,36-37,62H,8-11,14-23H2,1-4H3,(H2,43,57)(H,44,53)(H,45,55)(H,46,60)(H,47,56)(H,48,58)(H,50,59)(H,52,54)(H2,49,51,61)/t27?,28-,29-,30-,31-,36-,37-/m0/s1. The molecule has 20 nitrogen and oxygen atoms in total. The number of carbonyl (C=O) groups excluding carboxylic acids is 9. The lowest BCUT2D eigenvalue weighted by Crippen LogP contribution is -2.57.